The molecule has 1 fully saturated rings. The van der Waals surface area contributed by atoms with Crippen LogP contribution in [0, 0.1) is 0 Å². The Hall–Kier alpha value is -3.50. The Kier molecular flexibility index (Phi) is 8.09. The van der Waals surface area contributed by atoms with Crippen LogP contribution < -0.4 is 21.0 Å². The summed E-state index contributed by atoms with van der Waals surface area (Å²) >= 11 is 1.76. The van der Waals surface area contributed by atoms with Crippen molar-refractivity contribution in [2.45, 2.75) is 48.6 Å². The van der Waals surface area contributed by atoms with E-state index >= 15 is 0 Å². The van der Waals surface area contributed by atoms with E-state index in [0.717, 1.165) is 48.4 Å². The number of para-hydroxylation sites is 1. The topological polar surface area (TPSA) is 80.0 Å². The molecule has 3 aromatic rings. The number of fused-ring (bicyclic) bond motifs is 2. The molecule has 0 radical (unpaired) electrons. The van der Waals surface area contributed by atoms with Crippen molar-refractivity contribution in [3.8, 4) is 0 Å². The lowest BCUT2D eigenvalue weighted by Gasteiger charge is -2.46. The van der Waals surface area contributed by atoms with E-state index in [1.54, 1.807) is 29.4 Å². The van der Waals surface area contributed by atoms with E-state index in [1.807, 2.05) is 6.07 Å². The summed E-state index contributed by atoms with van der Waals surface area (Å²) in [6.45, 7) is 7.68. The van der Waals surface area contributed by atoms with Gasteiger partial charge in [0.25, 0.3) is 5.56 Å². The zero-order valence-electron chi connectivity index (χ0n) is 23.8. The van der Waals surface area contributed by atoms with Crippen molar-refractivity contribution in [2.75, 3.05) is 43.1 Å². The summed E-state index contributed by atoms with van der Waals surface area (Å²) in [5, 5.41) is 0. The van der Waals surface area contributed by atoms with Gasteiger partial charge >= 0.3 is 11.7 Å². The van der Waals surface area contributed by atoms with Crippen molar-refractivity contribution in [1.82, 2.24) is 14.0 Å². The molecule has 212 valence electrons. The number of carbonyl (C=O) groups is 1. The number of hydrogen-bond donors (Lipinski definition) is 0. The van der Waals surface area contributed by atoms with Crippen LogP contribution >= 0.6 is 11.8 Å². The monoisotopic (exact) mass is 563 g/mol. The first-order chi connectivity index (χ1) is 19.2. The standard InChI is InChI=1S/C30H37N5O4S/c1-20-18-33(27-17-28(36)32(4)30(38)31(27)3)19-21(2)34(20)13-8-14-35-23-9-6-7-10-25(23)40-26-12-11-22(15-24(26)35)16-29(37)39-5/h6-7,9-12,15,17,20-21H,8,13-14,16,18-19H2,1-5H3/t20-,21+. The van der Waals surface area contributed by atoms with Crippen LogP contribution in [0.3, 0.4) is 0 Å². The largest absolute Gasteiger partial charge is 0.469 e. The minimum Gasteiger partial charge on any atom is -0.469 e. The highest BCUT2D eigenvalue weighted by Crippen LogP contribution is 2.48. The Morgan fingerprint density at radius 2 is 1.62 bits per heavy atom. The molecule has 40 heavy (non-hydrogen) atoms. The average molecular weight is 564 g/mol. The molecule has 1 saturated heterocycles. The lowest BCUT2D eigenvalue weighted by Crippen LogP contribution is -2.58. The van der Waals surface area contributed by atoms with Crippen molar-refractivity contribution in [2.24, 2.45) is 14.1 Å². The zero-order valence-corrected chi connectivity index (χ0v) is 24.6. The van der Waals surface area contributed by atoms with Crippen LogP contribution in [-0.2, 0) is 30.0 Å². The van der Waals surface area contributed by atoms with E-state index in [0.29, 0.717) is 5.82 Å². The fourth-order valence-corrected chi connectivity index (χ4v) is 6.96. The number of esters is 1. The van der Waals surface area contributed by atoms with Gasteiger partial charge in [-0.25, -0.2) is 4.79 Å². The van der Waals surface area contributed by atoms with Gasteiger partial charge in [0, 0.05) is 68.2 Å². The number of methoxy groups -OCH3 is 1. The zero-order chi connectivity index (χ0) is 28.6. The molecule has 2 aliphatic rings. The Balaban J connectivity index is 1.31. The van der Waals surface area contributed by atoms with Crippen molar-refractivity contribution in [3.05, 3.63) is 74.9 Å². The number of hydrogen-bond acceptors (Lipinski definition) is 8. The van der Waals surface area contributed by atoms with E-state index in [2.05, 4.69) is 64.9 Å². The maximum Gasteiger partial charge on any atom is 0.332 e. The summed E-state index contributed by atoms with van der Waals surface area (Å²) < 4.78 is 7.60. The van der Waals surface area contributed by atoms with Gasteiger partial charge in [0.2, 0.25) is 0 Å². The van der Waals surface area contributed by atoms with Gasteiger partial charge in [0.05, 0.1) is 24.9 Å². The van der Waals surface area contributed by atoms with Crippen LogP contribution in [0.2, 0.25) is 0 Å². The number of nitrogens with zero attached hydrogens (tertiary/aromatic N) is 5. The number of anilines is 3. The maximum absolute atomic E-state index is 12.5. The molecule has 2 aromatic carbocycles. The minimum absolute atomic E-state index is 0.242. The van der Waals surface area contributed by atoms with E-state index in [4.69, 9.17) is 4.74 Å². The second-order valence-electron chi connectivity index (χ2n) is 10.7. The summed E-state index contributed by atoms with van der Waals surface area (Å²) in [6.07, 6.45) is 1.21. The molecular weight excluding hydrogens is 526 g/mol. The Bertz CT molecular complexity index is 1520. The van der Waals surface area contributed by atoms with Crippen LogP contribution in [0.1, 0.15) is 25.8 Å². The Morgan fingerprint density at radius 1 is 0.925 bits per heavy atom. The molecule has 0 bridgehead atoms. The van der Waals surface area contributed by atoms with Gasteiger partial charge in [-0.05, 0) is 50.1 Å². The van der Waals surface area contributed by atoms with E-state index in [9.17, 15) is 14.4 Å². The molecule has 0 amide bonds. The third-order valence-corrected chi connectivity index (χ3v) is 9.12. The molecule has 0 aliphatic carbocycles. The van der Waals surface area contributed by atoms with Crippen molar-refractivity contribution >= 4 is 34.9 Å². The number of ether oxygens (including phenoxy) is 1. The summed E-state index contributed by atoms with van der Waals surface area (Å²) in [5.41, 5.74) is 2.67. The summed E-state index contributed by atoms with van der Waals surface area (Å²) in [6, 6.07) is 16.8. The number of benzene rings is 2. The van der Waals surface area contributed by atoms with Crippen LogP contribution in [0.15, 0.2) is 67.9 Å². The van der Waals surface area contributed by atoms with E-state index in [-0.39, 0.29) is 35.7 Å². The first-order valence-electron chi connectivity index (χ1n) is 13.7. The predicted octanol–water partition coefficient (Wildman–Crippen LogP) is 3.39. The maximum atomic E-state index is 12.5. The second-order valence-corrected chi connectivity index (χ2v) is 11.8. The molecule has 5 rings (SSSR count). The molecule has 2 atom stereocenters. The van der Waals surface area contributed by atoms with Crippen molar-refractivity contribution < 1.29 is 9.53 Å². The van der Waals surface area contributed by atoms with Gasteiger partial charge in [0.15, 0.2) is 0 Å². The predicted molar refractivity (Wildman–Crippen MR) is 159 cm³/mol. The van der Waals surface area contributed by atoms with Gasteiger partial charge in [-0.2, -0.15) is 0 Å². The van der Waals surface area contributed by atoms with Gasteiger partial charge in [-0.1, -0.05) is 30.0 Å². The molecule has 9 nitrogen and oxygen atoms in total. The van der Waals surface area contributed by atoms with Crippen LogP contribution in [0.25, 0.3) is 0 Å². The molecule has 2 aliphatic heterocycles. The average Bonchev–Trinajstić information content (AvgIpc) is 2.94. The van der Waals surface area contributed by atoms with E-state index < -0.39 is 0 Å². The van der Waals surface area contributed by atoms with Crippen LogP contribution in [0.4, 0.5) is 17.2 Å². The third-order valence-electron chi connectivity index (χ3n) is 7.99. The normalized spacial score (nSPS) is 18.8. The minimum atomic E-state index is -0.305. The fraction of sp³-hybridized carbons (Fsp3) is 0.433. The first kappa shape index (κ1) is 28.0. The third kappa shape index (κ3) is 5.42. The molecule has 0 spiro atoms. The SMILES string of the molecule is COC(=O)Cc1ccc2c(c1)N(CCCN1[C@H](C)CN(c3cc(=O)n(C)c(=O)n3C)C[C@@H]1C)c1ccccc1S2. The van der Waals surface area contributed by atoms with Gasteiger partial charge in [0.1, 0.15) is 5.82 Å². The summed E-state index contributed by atoms with van der Waals surface area (Å²) in [4.78, 5) is 46.2. The quantitative estimate of drug-likeness (QED) is 0.405. The van der Waals surface area contributed by atoms with Crippen LogP contribution in [-0.4, -0.2) is 65.4 Å². The van der Waals surface area contributed by atoms with Crippen LogP contribution in [0.5, 0.6) is 0 Å². The fourth-order valence-electron chi connectivity index (χ4n) is 5.89. The second kappa shape index (κ2) is 11.5. The molecule has 3 heterocycles. The van der Waals surface area contributed by atoms with Gasteiger partial charge in [-0.15, -0.1) is 0 Å². The molecule has 10 heteroatoms. The lowest BCUT2D eigenvalue weighted by atomic mass is 10.1. The highest BCUT2D eigenvalue weighted by molar-refractivity contribution is 7.99. The highest BCUT2D eigenvalue weighted by Gasteiger charge is 2.31. The molecule has 0 N–H and O–H groups in total. The Morgan fingerprint density at radius 3 is 2.35 bits per heavy atom. The number of carbonyl (C=O) groups excluding carboxylic acids is 1. The molecule has 0 saturated carbocycles. The van der Waals surface area contributed by atoms with E-state index in [1.165, 1.54) is 29.6 Å². The first-order valence-corrected chi connectivity index (χ1v) is 14.5. The van der Waals surface area contributed by atoms with Crippen molar-refractivity contribution in [3.63, 3.8) is 0 Å². The highest BCUT2D eigenvalue weighted by atomic mass is 32.2. The summed E-state index contributed by atoms with van der Waals surface area (Å²) in [5.74, 6) is 0.432. The molecular formula is C30H37N5O4S. The lowest BCUT2D eigenvalue weighted by molar-refractivity contribution is -0.139. The Labute approximate surface area is 239 Å². The smallest absolute Gasteiger partial charge is 0.332 e. The van der Waals surface area contributed by atoms with Gasteiger partial charge < -0.3 is 14.5 Å². The summed E-state index contributed by atoms with van der Waals surface area (Å²) in [7, 11) is 4.65. The number of aromatic nitrogens is 2. The van der Waals surface area contributed by atoms with Crippen molar-refractivity contribution in [1.29, 1.82) is 0 Å². The molecule has 0 unspecified atom stereocenters. The van der Waals surface area contributed by atoms with Gasteiger partial charge in [-0.3, -0.25) is 23.6 Å². The number of piperazine rings is 1. The molecule has 1 aromatic heterocycles. The number of rotatable bonds is 7.